The van der Waals surface area contributed by atoms with Crippen molar-refractivity contribution in [3.8, 4) is 0 Å². The van der Waals surface area contributed by atoms with Gasteiger partial charge in [0.05, 0.1) is 11.2 Å². The summed E-state index contributed by atoms with van der Waals surface area (Å²) < 4.78 is 54.5. The van der Waals surface area contributed by atoms with Crippen LogP contribution >= 0.6 is 0 Å². The molecule has 2 N–H and O–H groups in total. The van der Waals surface area contributed by atoms with E-state index in [1.807, 2.05) is 35.0 Å². The third-order valence-corrected chi connectivity index (χ3v) is 5.71. The first-order valence-corrected chi connectivity index (χ1v) is 10.6. The number of rotatable bonds is 9. The van der Waals surface area contributed by atoms with Crippen LogP contribution in [-0.2, 0) is 27.9 Å². The number of halogens is 2. The Morgan fingerprint density at radius 1 is 1.07 bits per heavy atom. The Labute approximate surface area is 172 Å². The van der Waals surface area contributed by atoms with Gasteiger partial charge < -0.3 is 9.88 Å². The van der Waals surface area contributed by atoms with Crippen LogP contribution in [0.15, 0.2) is 66.1 Å². The predicted octanol–water partition coefficient (Wildman–Crippen LogP) is 2.19. The van der Waals surface area contributed by atoms with Crippen LogP contribution < -0.4 is 10.0 Å². The van der Waals surface area contributed by atoms with Crippen molar-refractivity contribution in [3.63, 3.8) is 0 Å². The third-order valence-electron chi connectivity index (χ3n) is 4.25. The highest BCUT2D eigenvalue weighted by molar-refractivity contribution is 7.89. The predicted molar refractivity (Wildman–Crippen MR) is 106 cm³/mol. The van der Waals surface area contributed by atoms with E-state index in [-0.39, 0.29) is 18.9 Å². The van der Waals surface area contributed by atoms with Crippen LogP contribution in [0.3, 0.4) is 0 Å². The van der Waals surface area contributed by atoms with Crippen LogP contribution in [0.1, 0.15) is 17.5 Å². The lowest BCUT2D eigenvalue weighted by molar-refractivity contribution is -0.121. The van der Waals surface area contributed by atoms with Crippen LogP contribution in [0.2, 0.25) is 0 Å². The van der Waals surface area contributed by atoms with Gasteiger partial charge >= 0.3 is 0 Å². The zero-order valence-corrected chi connectivity index (χ0v) is 16.7. The van der Waals surface area contributed by atoms with Crippen LogP contribution in [-0.4, -0.2) is 30.4 Å². The number of nitrogens with one attached hydrogen (secondary N) is 2. The summed E-state index contributed by atoms with van der Waals surface area (Å²) in [5.74, 6) is -2.74. The maximum Gasteiger partial charge on any atom is 0.240 e. The van der Waals surface area contributed by atoms with E-state index < -0.39 is 26.6 Å². The molecular formula is C20H20F2N4O3S. The van der Waals surface area contributed by atoms with Gasteiger partial charge in [-0.05, 0) is 29.3 Å². The molecule has 0 saturated heterocycles. The van der Waals surface area contributed by atoms with E-state index in [1.54, 1.807) is 12.5 Å². The van der Waals surface area contributed by atoms with Gasteiger partial charge in [-0.2, -0.15) is 0 Å². The molecular weight excluding hydrogens is 414 g/mol. The number of nitrogens with zero attached hydrogens (tertiary/aromatic N) is 2. The summed E-state index contributed by atoms with van der Waals surface area (Å²) in [6.07, 6.45) is 5.17. The molecule has 1 aromatic heterocycles. The molecule has 2 aromatic carbocycles. The van der Waals surface area contributed by atoms with Crippen molar-refractivity contribution in [2.24, 2.45) is 0 Å². The van der Waals surface area contributed by atoms with E-state index in [2.05, 4.69) is 15.0 Å². The van der Waals surface area contributed by atoms with Crippen LogP contribution in [0.4, 0.5) is 8.78 Å². The second-order valence-corrected chi connectivity index (χ2v) is 8.32. The van der Waals surface area contributed by atoms with Gasteiger partial charge in [-0.15, -0.1) is 0 Å². The second kappa shape index (κ2) is 9.59. The molecule has 0 unspecified atom stereocenters. The molecule has 7 nitrogen and oxygen atoms in total. The third kappa shape index (κ3) is 5.94. The molecule has 1 heterocycles. The molecule has 0 bridgehead atoms. The highest BCUT2D eigenvalue weighted by atomic mass is 32.2. The average molecular weight is 434 g/mol. The molecule has 3 aromatic rings. The van der Waals surface area contributed by atoms with Gasteiger partial charge in [0.15, 0.2) is 11.6 Å². The molecule has 10 heteroatoms. The molecule has 0 radical (unpaired) electrons. The zero-order valence-electron chi connectivity index (χ0n) is 15.9. The molecule has 30 heavy (non-hydrogen) atoms. The number of carbonyl (C=O) groups is 1. The van der Waals surface area contributed by atoms with Crippen molar-refractivity contribution in [2.45, 2.75) is 24.4 Å². The SMILES string of the molecule is O=C(CCNS(=O)(=O)c1ccc(F)c(F)c1)NCc1cccc(Cn2ccnc2)c1. The lowest BCUT2D eigenvalue weighted by Gasteiger charge is -2.09. The van der Waals surface area contributed by atoms with Crippen molar-refractivity contribution in [1.29, 1.82) is 0 Å². The normalized spacial score (nSPS) is 11.4. The lowest BCUT2D eigenvalue weighted by Crippen LogP contribution is -2.30. The van der Waals surface area contributed by atoms with Crippen LogP contribution in [0.5, 0.6) is 0 Å². The Morgan fingerprint density at radius 3 is 2.60 bits per heavy atom. The monoisotopic (exact) mass is 434 g/mol. The Bertz CT molecular complexity index is 1120. The molecule has 1 amide bonds. The first-order valence-electron chi connectivity index (χ1n) is 9.08. The number of carbonyl (C=O) groups excluding carboxylic acids is 1. The van der Waals surface area contributed by atoms with Gasteiger partial charge in [-0.1, -0.05) is 24.3 Å². The minimum atomic E-state index is -4.04. The van der Waals surface area contributed by atoms with E-state index in [9.17, 15) is 22.0 Å². The largest absolute Gasteiger partial charge is 0.352 e. The summed E-state index contributed by atoms with van der Waals surface area (Å²) in [5, 5.41) is 2.73. The average Bonchev–Trinajstić information content (AvgIpc) is 3.21. The van der Waals surface area contributed by atoms with Crippen molar-refractivity contribution in [2.75, 3.05) is 6.54 Å². The number of aromatic nitrogens is 2. The summed E-state index contributed by atoms with van der Waals surface area (Å²) in [7, 11) is -4.04. The fourth-order valence-corrected chi connectivity index (χ4v) is 3.79. The van der Waals surface area contributed by atoms with Gasteiger partial charge in [-0.25, -0.2) is 26.9 Å². The maximum absolute atomic E-state index is 13.2. The summed E-state index contributed by atoms with van der Waals surface area (Å²) >= 11 is 0. The first-order chi connectivity index (χ1) is 14.3. The highest BCUT2D eigenvalue weighted by Crippen LogP contribution is 2.13. The maximum atomic E-state index is 13.2. The minimum absolute atomic E-state index is 0.0996. The van der Waals surface area contributed by atoms with Gasteiger partial charge in [0.1, 0.15) is 0 Å². The molecule has 0 aliphatic carbocycles. The van der Waals surface area contributed by atoms with Crippen LogP contribution in [0.25, 0.3) is 0 Å². The highest BCUT2D eigenvalue weighted by Gasteiger charge is 2.16. The van der Waals surface area contributed by atoms with Gasteiger partial charge in [0.25, 0.3) is 0 Å². The number of amides is 1. The molecule has 3 rings (SSSR count). The fraction of sp³-hybridized carbons (Fsp3) is 0.200. The van der Waals surface area contributed by atoms with E-state index in [0.717, 1.165) is 23.3 Å². The summed E-state index contributed by atoms with van der Waals surface area (Å²) in [5.41, 5.74) is 1.96. The fourth-order valence-electron chi connectivity index (χ4n) is 2.74. The Morgan fingerprint density at radius 2 is 1.87 bits per heavy atom. The van der Waals surface area contributed by atoms with Crippen molar-refractivity contribution in [3.05, 3.63) is 83.9 Å². The van der Waals surface area contributed by atoms with Gasteiger partial charge in [-0.3, -0.25) is 4.79 Å². The second-order valence-electron chi connectivity index (χ2n) is 6.56. The molecule has 0 atom stereocenters. The smallest absolute Gasteiger partial charge is 0.240 e. The number of imidazole rings is 1. The summed E-state index contributed by atoms with van der Waals surface area (Å²) in [6.45, 7) is 0.786. The van der Waals surface area contributed by atoms with Gasteiger partial charge in [0, 0.05) is 38.4 Å². The van der Waals surface area contributed by atoms with Crippen molar-refractivity contribution < 1.29 is 22.0 Å². The van der Waals surface area contributed by atoms with E-state index in [1.165, 1.54) is 0 Å². The van der Waals surface area contributed by atoms with Crippen molar-refractivity contribution in [1.82, 2.24) is 19.6 Å². The Hall–Kier alpha value is -3.11. The topological polar surface area (TPSA) is 93.1 Å². The van der Waals surface area contributed by atoms with E-state index in [4.69, 9.17) is 0 Å². The molecule has 0 aliphatic rings. The lowest BCUT2D eigenvalue weighted by atomic mass is 10.1. The first kappa shape index (κ1) is 21.6. The quantitative estimate of drug-likeness (QED) is 0.540. The van der Waals surface area contributed by atoms with E-state index in [0.29, 0.717) is 19.2 Å². The number of benzene rings is 2. The summed E-state index contributed by atoms with van der Waals surface area (Å²) in [4.78, 5) is 15.6. The molecule has 0 spiro atoms. The Balaban J connectivity index is 1.46. The van der Waals surface area contributed by atoms with Gasteiger partial charge in [0.2, 0.25) is 15.9 Å². The molecule has 0 saturated carbocycles. The molecule has 158 valence electrons. The standard InChI is InChI=1S/C20H20F2N4O3S/c21-18-5-4-17(11-19(18)22)30(28,29)25-7-6-20(27)24-12-15-2-1-3-16(10-15)13-26-9-8-23-14-26/h1-5,8-11,14,25H,6-7,12-13H2,(H,24,27). The summed E-state index contributed by atoms with van der Waals surface area (Å²) in [6, 6.07) is 9.99. The van der Waals surface area contributed by atoms with Crippen molar-refractivity contribution >= 4 is 15.9 Å². The minimum Gasteiger partial charge on any atom is -0.352 e. The number of sulfonamides is 1. The van der Waals surface area contributed by atoms with Crippen LogP contribution in [0, 0.1) is 11.6 Å². The number of hydrogen-bond acceptors (Lipinski definition) is 4. The molecule has 0 aliphatic heterocycles. The molecule has 0 fully saturated rings. The zero-order chi connectivity index (χ0) is 21.6. The number of hydrogen-bond donors (Lipinski definition) is 2. The van der Waals surface area contributed by atoms with E-state index >= 15 is 0 Å². The Kier molecular flexibility index (Phi) is 6.91.